The molecule has 0 atom stereocenters. The molecule has 7 nitrogen and oxygen atoms in total. The molecule has 0 fully saturated rings. The van der Waals surface area contributed by atoms with Crippen LogP contribution in [0.15, 0.2) is 48.5 Å². The van der Waals surface area contributed by atoms with Crippen LogP contribution in [-0.4, -0.2) is 40.1 Å². The number of ether oxygens (including phenoxy) is 1. The molecule has 160 valence electrons. The zero-order valence-corrected chi connectivity index (χ0v) is 17.4. The topological polar surface area (TPSA) is 76.5 Å². The Kier molecular flexibility index (Phi) is 5.70. The first-order valence-corrected chi connectivity index (χ1v) is 9.97. The molecular weight excluding hydrogens is 399 g/mol. The minimum absolute atomic E-state index is 0.148. The number of carbonyl (C=O) groups excluding carboxylic acids is 2. The van der Waals surface area contributed by atoms with Crippen LogP contribution in [0.25, 0.3) is 0 Å². The second-order valence-corrected chi connectivity index (χ2v) is 7.38. The van der Waals surface area contributed by atoms with Crippen LogP contribution >= 0.6 is 0 Å². The average molecular weight is 422 g/mol. The third-order valence-electron chi connectivity index (χ3n) is 5.45. The maximum absolute atomic E-state index is 13.1. The molecule has 0 unspecified atom stereocenters. The van der Waals surface area contributed by atoms with Gasteiger partial charge in [0.05, 0.1) is 19.2 Å². The number of halogens is 1. The van der Waals surface area contributed by atoms with E-state index in [1.807, 2.05) is 6.07 Å². The standard InChI is InChI=1S/C23H23FN4O3/c1-27-19-11-12-28(23(30)17-5-3-4-6-20(17)31-2)14-18(19)21(26-27)22(29)25-13-15-7-9-16(24)10-8-15/h3-10H,11-14H2,1-2H3,(H,25,29). The highest BCUT2D eigenvalue weighted by Gasteiger charge is 2.30. The van der Waals surface area contributed by atoms with Crippen molar-refractivity contribution in [2.45, 2.75) is 19.5 Å². The molecule has 1 N–H and O–H groups in total. The summed E-state index contributed by atoms with van der Waals surface area (Å²) in [6.07, 6.45) is 0.602. The number of para-hydroxylation sites is 1. The van der Waals surface area contributed by atoms with Gasteiger partial charge in [-0.05, 0) is 29.8 Å². The molecule has 1 aliphatic rings. The van der Waals surface area contributed by atoms with Gasteiger partial charge in [0.1, 0.15) is 11.6 Å². The van der Waals surface area contributed by atoms with Crippen molar-refractivity contribution in [2.75, 3.05) is 13.7 Å². The first kappa shape index (κ1) is 20.6. The Hall–Kier alpha value is -3.68. The Morgan fingerprint density at radius 3 is 2.65 bits per heavy atom. The summed E-state index contributed by atoms with van der Waals surface area (Å²) in [4.78, 5) is 27.6. The smallest absolute Gasteiger partial charge is 0.272 e. The zero-order chi connectivity index (χ0) is 22.0. The molecule has 0 saturated carbocycles. The second-order valence-electron chi connectivity index (χ2n) is 7.38. The highest BCUT2D eigenvalue weighted by atomic mass is 19.1. The molecule has 0 aliphatic carbocycles. The maximum Gasteiger partial charge on any atom is 0.272 e. The lowest BCUT2D eigenvalue weighted by molar-refractivity contribution is 0.0727. The predicted molar refractivity (Wildman–Crippen MR) is 112 cm³/mol. The van der Waals surface area contributed by atoms with Crippen LogP contribution in [0.2, 0.25) is 0 Å². The van der Waals surface area contributed by atoms with Crippen molar-refractivity contribution < 1.29 is 18.7 Å². The van der Waals surface area contributed by atoms with Crippen LogP contribution in [0.4, 0.5) is 4.39 Å². The number of fused-ring (bicyclic) bond motifs is 1. The van der Waals surface area contributed by atoms with Crippen LogP contribution in [0, 0.1) is 5.82 Å². The van der Waals surface area contributed by atoms with E-state index >= 15 is 0 Å². The number of methoxy groups -OCH3 is 1. The van der Waals surface area contributed by atoms with E-state index < -0.39 is 0 Å². The molecule has 1 aromatic heterocycles. The molecule has 31 heavy (non-hydrogen) atoms. The SMILES string of the molecule is COc1ccccc1C(=O)N1CCc2c(c(C(=O)NCc3ccc(F)cc3)nn2C)C1. The average Bonchev–Trinajstić information content (AvgIpc) is 3.14. The lowest BCUT2D eigenvalue weighted by Crippen LogP contribution is -2.37. The molecule has 2 amide bonds. The Balaban J connectivity index is 1.53. The lowest BCUT2D eigenvalue weighted by Gasteiger charge is -2.28. The van der Waals surface area contributed by atoms with Crippen LogP contribution in [-0.2, 0) is 26.6 Å². The number of rotatable bonds is 5. The molecule has 1 aliphatic heterocycles. The minimum atomic E-state index is -0.326. The lowest BCUT2D eigenvalue weighted by atomic mass is 10.0. The Morgan fingerprint density at radius 2 is 1.90 bits per heavy atom. The van der Waals surface area contributed by atoms with Crippen LogP contribution in [0.1, 0.15) is 37.7 Å². The molecule has 8 heteroatoms. The summed E-state index contributed by atoms with van der Waals surface area (Å²) in [5.74, 6) is -0.284. The van der Waals surface area contributed by atoms with Crippen molar-refractivity contribution in [3.8, 4) is 5.75 Å². The largest absolute Gasteiger partial charge is 0.496 e. The van der Waals surface area contributed by atoms with Gasteiger partial charge in [-0.1, -0.05) is 24.3 Å². The normalized spacial score (nSPS) is 12.9. The number of benzene rings is 2. The summed E-state index contributed by atoms with van der Waals surface area (Å²) in [5, 5.41) is 7.23. The molecule has 2 aromatic carbocycles. The monoisotopic (exact) mass is 422 g/mol. The van der Waals surface area contributed by atoms with Gasteiger partial charge in [0.25, 0.3) is 11.8 Å². The van der Waals surface area contributed by atoms with E-state index in [0.717, 1.165) is 16.8 Å². The summed E-state index contributed by atoms with van der Waals surface area (Å²) in [5.41, 5.74) is 3.26. The van der Waals surface area contributed by atoms with E-state index in [1.54, 1.807) is 47.0 Å². The summed E-state index contributed by atoms with van der Waals surface area (Å²) in [7, 11) is 3.33. The van der Waals surface area contributed by atoms with Gasteiger partial charge >= 0.3 is 0 Å². The molecule has 3 aromatic rings. The number of hydrogen-bond acceptors (Lipinski definition) is 4. The maximum atomic E-state index is 13.1. The van der Waals surface area contributed by atoms with Gasteiger partial charge < -0.3 is 15.0 Å². The summed E-state index contributed by atoms with van der Waals surface area (Å²) < 4.78 is 20.1. The quantitative estimate of drug-likeness (QED) is 0.686. The molecule has 2 heterocycles. The third-order valence-corrected chi connectivity index (χ3v) is 5.45. The fourth-order valence-electron chi connectivity index (χ4n) is 3.81. The molecule has 4 rings (SSSR count). The number of nitrogens with zero attached hydrogens (tertiary/aromatic N) is 3. The van der Waals surface area contributed by atoms with E-state index in [4.69, 9.17) is 4.74 Å². The first-order chi connectivity index (χ1) is 15.0. The predicted octanol–water partition coefficient (Wildman–Crippen LogP) is 2.70. The number of nitrogens with one attached hydrogen (secondary N) is 1. The zero-order valence-electron chi connectivity index (χ0n) is 17.4. The number of aryl methyl sites for hydroxylation is 1. The van der Waals surface area contributed by atoms with Crippen molar-refractivity contribution in [2.24, 2.45) is 7.05 Å². The number of hydrogen-bond donors (Lipinski definition) is 1. The Bertz CT molecular complexity index is 1120. The van der Waals surface area contributed by atoms with Gasteiger partial charge in [-0.2, -0.15) is 5.10 Å². The van der Waals surface area contributed by atoms with Crippen LogP contribution in [0.3, 0.4) is 0 Å². The third kappa shape index (κ3) is 4.14. The second kappa shape index (κ2) is 8.59. The fourth-order valence-corrected chi connectivity index (χ4v) is 3.81. The minimum Gasteiger partial charge on any atom is -0.496 e. The van der Waals surface area contributed by atoms with Gasteiger partial charge in [-0.15, -0.1) is 0 Å². The highest BCUT2D eigenvalue weighted by molar-refractivity contribution is 5.98. The van der Waals surface area contributed by atoms with Crippen LogP contribution < -0.4 is 10.1 Å². The molecule has 0 bridgehead atoms. The first-order valence-electron chi connectivity index (χ1n) is 9.97. The van der Waals surface area contributed by atoms with Crippen molar-refractivity contribution in [3.05, 3.63) is 82.4 Å². The number of amides is 2. The van der Waals surface area contributed by atoms with E-state index in [-0.39, 0.29) is 24.2 Å². The molecule has 0 saturated heterocycles. The number of carbonyl (C=O) groups is 2. The van der Waals surface area contributed by atoms with Crippen molar-refractivity contribution in [1.29, 1.82) is 0 Å². The van der Waals surface area contributed by atoms with Crippen LogP contribution in [0.5, 0.6) is 5.75 Å². The summed E-state index contributed by atoms with van der Waals surface area (Å²) in [6.45, 7) is 1.08. The van der Waals surface area contributed by atoms with Gasteiger partial charge in [-0.3, -0.25) is 14.3 Å². The van der Waals surface area contributed by atoms with Crippen molar-refractivity contribution in [1.82, 2.24) is 20.0 Å². The molecular formula is C23H23FN4O3. The molecule has 0 spiro atoms. The number of aromatic nitrogens is 2. The Morgan fingerprint density at radius 1 is 1.16 bits per heavy atom. The van der Waals surface area contributed by atoms with Crippen molar-refractivity contribution in [3.63, 3.8) is 0 Å². The van der Waals surface area contributed by atoms with E-state index in [9.17, 15) is 14.0 Å². The fraction of sp³-hybridized carbons (Fsp3) is 0.261. The highest BCUT2D eigenvalue weighted by Crippen LogP contribution is 2.26. The van der Waals surface area contributed by atoms with E-state index in [2.05, 4.69) is 10.4 Å². The van der Waals surface area contributed by atoms with E-state index in [1.165, 1.54) is 19.2 Å². The van der Waals surface area contributed by atoms with Gasteiger partial charge in [0.2, 0.25) is 0 Å². The van der Waals surface area contributed by atoms with Gasteiger partial charge in [0.15, 0.2) is 5.69 Å². The molecule has 0 radical (unpaired) electrons. The Labute approximate surface area is 179 Å². The van der Waals surface area contributed by atoms with Crippen molar-refractivity contribution >= 4 is 11.8 Å². The van der Waals surface area contributed by atoms with Gasteiger partial charge in [-0.25, -0.2) is 4.39 Å². The van der Waals surface area contributed by atoms with E-state index in [0.29, 0.717) is 36.5 Å². The van der Waals surface area contributed by atoms with Gasteiger partial charge in [0, 0.05) is 37.8 Å². The summed E-state index contributed by atoms with van der Waals surface area (Å²) >= 11 is 0. The summed E-state index contributed by atoms with van der Waals surface area (Å²) in [6, 6.07) is 13.0.